The van der Waals surface area contributed by atoms with Crippen LogP contribution in [-0.2, 0) is 9.59 Å². The lowest BCUT2D eigenvalue weighted by Crippen LogP contribution is -2.42. The molecule has 1 aliphatic heterocycles. The first-order valence-electron chi connectivity index (χ1n) is 9.30. The molecule has 0 N–H and O–H groups in total. The summed E-state index contributed by atoms with van der Waals surface area (Å²) >= 11 is 3.43. The summed E-state index contributed by atoms with van der Waals surface area (Å²) < 4.78 is 6.60. The maximum Gasteiger partial charge on any atom is 0.314 e. The number of esters is 1. The van der Waals surface area contributed by atoms with Crippen molar-refractivity contribution in [2.75, 3.05) is 13.1 Å². The van der Waals surface area contributed by atoms with Gasteiger partial charge in [0, 0.05) is 23.5 Å². The molecule has 142 valence electrons. The molecule has 3 rings (SSSR count). The van der Waals surface area contributed by atoms with Crippen LogP contribution in [-0.4, -0.2) is 29.9 Å². The van der Waals surface area contributed by atoms with Gasteiger partial charge in [-0.25, -0.2) is 0 Å². The summed E-state index contributed by atoms with van der Waals surface area (Å²) in [6, 6.07) is 15.6. The summed E-state index contributed by atoms with van der Waals surface area (Å²) in [7, 11) is 0. The number of rotatable bonds is 4. The molecule has 2 aromatic rings. The fraction of sp³-hybridized carbons (Fsp3) is 0.364. The molecule has 0 radical (unpaired) electrons. The van der Waals surface area contributed by atoms with Crippen LogP contribution in [0.1, 0.15) is 26.7 Å². The van der Waals surface area contributed by atoms with Crippen molar-refractivity contribution in [1.82, 2.24) is 4.90 Å². The molecule has 27 heavy (non-hydrogen) atoms. The van der Waals surface area contributed by atoms with Crippen LogP contribution in [0.5, 0.6) is 5.75 Å². The second-order valence-electron chi connectivity index (χ2n) is 7.21. The largest absolute Gasteiger partial charge is 0.426 e. The Labute approximate surface area is 168 Å². The summed E-state index contributed by atoms with van der Waals surface area (Å²) in [6.07, 6.45) is 1.32. The molecule has 4 nitrogen and oxygen atoms in total. The topological polar surface area (TPSA) is 46.6 Å². The minimum atomic E-state index is -0.206. The summed E-state index contributed by atoms with van der Waals surface area (Å²) in [5.74, 6) is 0.361. The number of piperidine rings is 1. The normalized spacial score (nSPS) is 15.0. The van der Waals surface area contributed by atoms with Crippen molar-refractivity contribution in [3.63, 3.8) is 0 Å². The maximum atomic E-state index is 12.4. The molecule has 1 saturated heterocycles. The predicted molar refractivity (Wildman–Crippen MR) is 109 cm³/mol. The van der Waals surface area contributed by atoms with Gasteiger partial charge in [0.15, 0.2) is 0 Å². The van der Waals surface area contributed by atoms with Gasteiger partial charge in [0.1, 0.15) is 5.75 Å². The minimum Gasteiger partial charge on any atom is -0.426 e. The average Bonchev–Trinajstić information content (AvgIpc) is 2.68. The maximum absolute atomic E-state index is 12.4. The highest BCUT2D eigenvalue weighted by atomic mass is 79.9. The number of halogens is 1. The Bertz CT molecular complexity index is 791. The van der Waals surface area contributed by atoms with Gasteiger partial charge in [-0.15, -0.1) is 0 Å². The van der Waals surface area contributed by atoms with E-state index in [-0.39, 0.29) is 23.7 Å². The number of amides is 1. The fourth-order valence-corrected chi connectivity index (χ4v) is 3.52. The number of likely N-dealkylation sites (tertiary alicyclic amines) is 1. The van der Waals surface area contributed by atoms with E-state index in [1.807, 2.05) is 67.3 Å². The van der Waals surface area contributed by atoms with E-state index in [9.17, 15) is 9.59 Å². The van der Waals surface area contributed by atoms with Crippen molar-refractivity contribution in [3.05, 3.63) is 53.0 Å². The van der Waals surface area contributed by atoms with Crippen LogP contribution in [0.25, 0.3) is 11.1 Å². The molecular formula is C22H24BrNO3. The smallest absolute Gasteiger partial charge is 0.314 e. The van der Waals surface area contributed by atoms with Crippen molar-refractivity contribution < 1.29 is 14.3 Å². The SMILES string of the molecule is CC(C)C(=O)N1CCC(C(=O)Oc2ccc(-c3ccc(Br)cc3)cc2)CC1. The Morgan fingerprint density at radius 2 is 1.48 bits per heavy atom. The van der Waals surface area contributed by atoms with Gasteiger partial charge in [-0.2, -0.15) is 0 Å². The Balaban J connectivity index is 1.55. The van der Waals surface area contributed by atoms with Gasteiger partial charge in [-0.1, -0.05) is 54.0 Å². The molecule has 0 aliphatic carbocycles. The monoisotopic (exact) mass is 429 g/mol. The lowest BCUT2D eigenvalue weighted by atomic mass is 9.96. The first-order chi connectivity index (χ1) is 12.9. The second-order valence-corrected chi connectivity index (χ2v) is 8.12. The molecule has 0 aromatic heterocycles. The molecule has 1 heterocycles. The van der Waals surface area contributed by atoms with Crippen LogP contribution >= 0.6 is 15.9 Å². The van der Waals surface area contributed by atoms with Gasteiger partial charge in [-0.05, 0) is 48.2 Å². The Morgan fingerprint density at radius 3 is 2.00 bits per heavy atom. The van der Waals surface area contributed by atoms with Crippen LogP contribution in [0.15, 0.2) is 53.0 Å². The van der Waals surface area contributed by atoms with Crippen molar-refractivity contribution in [2.24, 2.45) is 11.8 Å². The third kappa shape index (κ3) is 4.98. The molecule has 0 saturated carbocycles. The van der Waals surface area contributed by atoms with Crippen LogP contribution < -0.4 is 4.74 Å². The summed E-state index contributed by atoms with van der Waals surface area (Å²) in [6.45, 7) is 5.06. The van der Waals surface area contributed by atoms with E-state index in [0.717, 1.165) is 15.6 Å². The van der Waals surface area contributed by atoms with E-state index in [1.165, 1.54) is 0 Å². The van der Waals surface area contributed by atoms with E-state index in [4.69, 9.17) is 4.74 Å². The van der Waals surface area contributed by atoms with E-state index < -0.39 is 0 Å². The van der Waals surface area contributed by atoms with E-state index in [0.29, 0.717) is 31.7 Å². The Hall–Kier alpha value is -2.14. The fourth-order valence-electron chi connectivity index (χ4n) is 3.26. The van der Waals surface area contributed by atoms with Gasteiger partial charge in [0.25, 0.3) is 0 Å². The lowest BCUT2D eigenvalue weighted by Gasteiger charge is -2.32. The quantitative estimate of drug-likeness (QED) is 0.511. The number of carbonyl (C=O) groups excluding carboxylic acids is 2. The van der Waals surface area contributed by atoms with Crippen molar-refractivity contribution >= 4 is 27.8 Å². The number of hydrogen-bond acceptors (Lipinski definition) is 3. The molecule has 2 aromatic carbocycles. The van der Waals surface area contributed by atoms with E-state index in [2.05, 4.69) is 15.9 Å². The molecule has 0 bridgehead atoms. The van der Waals surface area contributed by atoms with E-state index >= 15 is 0 Å². The highest BCUT2D eigenvalue weighted by Gasteiger charge is 2.29. The van der Waals surface area contributed by atoms with Gasteiger partial charge < -0.3 is 9.64 Å². The molecular weight excluding hydrogens is 406 g/mol. The average molecular weight is 430 g/mol. The zero-order chi connectivity index (χ0) is 19.4. The lowest BCUT2D eigenvalue weighted by molar-refractivity contribution is -0.144. The molecule has 0 spiro atoms. The highest BCUT2D eigenvalue weighted by molar-refractivity contribution is 9.10. The molecule has 5 heteroatoms. The summed E-state index contributed by atoms with van der Waals surface area (Å²) in [5, 5.41) is 0. The van der Waals surface area contributed by atoms with Gasteiger partial charge in [0.05, 0.1) is 5.92 Å². The molecule has 1 amide bonds. The zero-order valence-electron chi connectivity index (χ0n) is 15.7. The standard InChI is InChI=1S/C22H24BrNO3/c1-15(2)21(25)24-13-11-18(12-14-24)22(26)27-20-9-5-17(6-10-20)16-3-7-19(23)8-4-16/h3-10,15,18H,11-14H2,1-2H3. The molecule has 0 atom stereocenters. The third-order valence-electron chi connectivity index (χ3n) is 4.88. The molecule has 1 fully saturated rings. The number of nitrogens with zero attached hydrogens (tertiary/aromatic N) is 1. The van der Waals surface area contributed by atoms with Crippen molar-refractivity contribution in [2.45, 2.75) is 26.7 Å². The Morgan fingerprint density at radius 1 is 0.963 bits per heavy atom. The summed E-state index contributed by atoms with van der Waals surface area (Å²) in [5.41, 5.74) is 2.18. The number of ether oxygens (including phenoxy) is 1. The number of carbonyl (C=O) groups is 2. The van der Waals surface area contributed by atoms with Crippen LogP contribution in [0.4, 0.5) is 0 Å². The predicted octanol–water partition coefficient (Wildman–Crippen LogP) is 4.92. The molecule has 1 aliphatic rings. The van der Waals surface area contributed by atoms with Gasteiger partial charge in [0.2, 0.25) is 5.91 Å². The number of benzene rings is 2. The van der Waals surface area contributed by atoms with E-state index in [1.54, 1.807) is 0 Å². The highest BCUT2D eigenvalue weighted by Crippen LogP contribution is 2.26. The third-order valence-corrected chi connectivity index (χ3v) is 5.41. The zero-order valence-corrected chi connectivity index (χ0v) is 17.2. The van der Waals surface area contributed by atoms with Crippen molar-refractivity contribution in [1.29, 1.82) is 0 Å². The molecule has 0 unspecified atom stereocenters. The van der Waals surface area contributed by atoms with Crippen LogP contribution in [0, 0.1) is 11.8 Å². The van der Waals surface area contributed by atoms with Gasteiger partial charge >= 0.3 is 5.97 Å². The Kier molecular flexibility index (Phi) is 6.32. The van der Waals surface area contributed by atoms with Gasteiger partial charge in [-0.3, -0.25) is 9.59 Å². The minimum absolute atomic E-state index is 0.00209. The number of hydrogen-bond donors (Lipinski definition) is 0. The first-order valence-corrected chi connectivity index (χ1v) is 10.1. The van der Waals surface area contributed by atoms with Crippen LogP contribution in [0.2, 0.25) is 0 Å². The first kappa shape index (κ1) is 19.6. The van der Waals surface area contributed by atoms with Crippen molar-refractivity contribution in [3.8, 4) is 16.9 Å². The summed E-state index contributed by atoms with van der Waals surface area (Å²) in [4.78, 5) is 26.3. The van der Waals surface area contributed by atoms with Crippen LogP contribution in [0.3, 0.4) is 0 Å². The second kappa shape index (κ2) is 8.70.